The molecule has 0 amide bonds. The van der Waals surface area contributed by atoms with E-state index >= 15 is 0 Å². The Morgan fingerprint density at radius 3 is 2.55 bits per heavy atom. The van der Waals surface area contributed by atoms with Gasteiger partial charge in [-0.25, -0.2) is 0 Å². The molecule has 3 heteroatoms. The van der Waals surface area contributed by atoms with Crippen molar-refractivity contribution in [2.75, 3.05) is 6.26 Å². The molecule has 1 aromatic rings. The monoisotopic (exact) mass is 188 g/mol. The van der Waals surface area contributed by atoms with Crippen molar-refractivity contribution in [1.29, 1.82) is 0 Å². The van der Waals surface area contributed by atoms with E-state index in [2.05, 4.69) is 0 Å². The summed E-state index contributed by atoms with van der Waals surface area (Å²) in [6.45, 7) is 0. The summed E-state index contributed by atoms with van der Waals surface area (Å²) in [4.78, 5) is 0.836. The lowest BCUT2D eigenvalue weighted by Crippen LogP contribution is -2.00. The maximum absolute atomic E-state index is 11.1. The first-order chi connectivity index (χ1) is 5.25. The fraction of sp³-hybridized carbons (Fsp3) is 0.250. The molecule has 1 atom stereocenters. The SMILES string of the molecule is C[S+]([O-])c1ccccc1CCl. The normalized spacial score (nSPS) is 13.0. The second-order valence-electron chi connectivity index (χ2n) is 2.20. The maximum Gasteiger partial charge on any atom is 0.156 e. The predicted octanol–water partition coefficient (Wildman–Crippen LogP) is 2.16. The van der Waals surface area contributed by atoms with Gasteiger partial charge in [-0.1, -0.05) is 18.2 Å². The Bertz CT molecular complexity index is 237. The van der Waals surface area contributed by atoms with Gasteiger partial charge >= 0.3 is 0 Å². The van der Waals surface area contributed by atoms with Crippen LogP contribution in [0.4, 0.5) is 0 Å². The van der Waals surface area contributed by atoms with Crippen LogP contribution in [0.1, 0.15) is 5.56 Å². The van der Waals surface area contributed by atoms with E-state index in [4.69, 9.17) is 11.6 Å². The van der Waals surface area contributed by atoms with Crippen LogP contribution >= 0.6 is 11.6 Å². The van der Waals surface area contributed by atoms with E-state index in [-0.39, 0.29) is 0 Å². The average Bonchev–Trinajstić information content (AvgIpc) is 2.04. The molecule has 0 saturated carbocycles. The highest BCUT2D eigenvalue weighted by Gasteiger charge is 2.08. The third-order valence-electron chi connectivity index (χ3n) is 1.43. The minimum Gasteiger partial charge on any atom is -0.612 e. The van der Waals surface area contributed by atoms with Crippen LogP contribution in [0.2, 0.25) is 0 Å². The molecule has 0 fully saturated rings. The molecular formula is C8H9ClOS. The van der Waals surface area contributed by atoms with Gasteiger partial charge in [0.15, 0.2) is 4.90 Å². The first-order valence-corrected chi connectivity index (χ1v) is 5.32. The summed E-state index contributed by atoms with van der Waals surface area (Å²) in [5.74, 6) is 0.426. The van der Waals surface area contributed by atoms with Gasteiger partial charge < -0.3 is 4.55 Å². The van der Waals surface area contributed by atoms with Crippen molar-refractivity contribution < 1.29 is 4.55 Å². The zero-order chi connectivity index (χ0) is 8.27. The van der Waals surface area contributed by atoms with Gasteiger partial charge in [-0.2, -0.15) is 0 Å². The maximum atomic E-state index is 11.1. The minimum absolute atomic E-state index is 0.426. The van der Waals surface area contributed by atoms with Crippen LogP contribution in [-0.2, 0) is 17.1 Å². The number of hydrogen-bond donors (Lipinski definition) is 0. The second-order valence-corrected chi connectivity index (χ2v) is 3.81. The van der Waals surface area contributed by atoms with E-state index in [1.807, 2.05) is 24.3 Å². The number of hydrogen-bond acceptors (Lipinski definition) is 1. The minimum atomic E-state index is -0.925. The summed E-state index contributed by atoms with van der Waals surface area (Å²) >= 11 is 4.72. The summed E-state index contributed by atoms with van der Waals surface area (Å²) in [6, 6.07) is 7.50. The number of halogens is 1. The van der Waals surface area contributed by atoms with E-state index in [1.54, 1.807) is 6.26 Å². The Morgan fingerprint density at radius 2 is 2.09 bits per heavy atom. The fourth-order valence-electron chi connectivity index (χ4n) is 0.895. The Hall–Kier alpha value is -0.180. The molecule has 0 N–H and O–H groups in total. The van der Waals surface area contributed by atoms with Gasteiger partial charge in [0, 0.05) is 5.56 Å². The Morgan fingerprint density at radius 1 is 1.45 bits per heavy atom. The lowest BCUT2D eigenvalue weighted by Gasteiger charge is -2.06. The molecule has 0 saturated heterocycles. The van der Waals surface area contributed by atoms with Crippen molar-refractivity contribution in [3.05, 3.63) is 29.8 Å². The van der Waals surface area contributed by atoms with Gasteiger partial charge in [-0.05, 0) is 17.2 Å². The molecule has 0 heterocycles. The third-order valence-corrected chi connectivity index (χ3v) is 2.73. The van der Waals surface area contributed by atoms with Crippen LogP contribution in [0, 0.1) is 0 Å². The first-order valence-electron chi connectivity index (χ1n) is 3.23. The highest BCUT2D eigenvalue weighted by Crippen LogP contribution is 2.16. The molecule has 0 aliphatic heterocycles. The molecule has 0 aromatic heterocycles. The molecule has 1 nitrogen and oxygen atoms in total. The van der Waals surface area contributed by atoms with Crippen LogP contribution in [0.15, 0.2) is 29.2 Å². The van der Waals surface area contributed by atoms with Gasteiger partial charge in [-0.15, -0.1) is 11.6 Å². The highest BCUT2D eigenvalue weighted by molar-refractivity contribution is 7.90. The van der Waals surface area contributed by atoms with Crippen molar-refractivity contribution in [2.24, 2.45) is 0 Å². The van der Waals surface area contributed by atoms with E-state index in [0.29, 0.717) is 5.88 Å². The molecule has 1 unspecified atom stereocenters. The van der Waals surface area contributed by atoms with Crippen molar-refractivity contribution >= 4 is 22.8 Å². The van der Waals surface area contributed by atoms with E-state index in [9.17, 15) is 4.55 Å². The summed E-state index contributed by atoms with van der Waals surface area (Å²) in [6.07, 6.45) is 1.66. The molecule has 0 bridgehead atoms. The number of benzene rings is 1. The number of rotatable bonds is 2. The Balaban J connectivity index is 3.02. The zero-order valence-electron chi connectivity index (χ0n) is 6.21. The molecule has 0 aliphatic rings. The van der Waals surface area contributed by atoms with Gasteiger partial charge in [0.05, 0.1) is 5.88 Å². The predicted molar refractivity (Wildman–Crippen MR) is 48.3 cm³/mol. The molecule has 1 rings (SSSR count). The molecule has 0 spiro atoms. The van der Waals surface area contributed by atoms with Gasteiger partial charge in [0.1, 0.15) is 6.26 Å². The van der Waals surface area contributed by atoms with Gasteiger partial charge in [0.25, 0.3) is 0 Å². The first kappa shape index (κ1) is 8.91. The summed E-state index contributed by atoms with van der Waals surface area (Å²) < 4.78 is 11.1. The third kappa shape index (κ3) is 2.12. The molecular weight excluding hydrogens is 180 g/mol. The van der Waals surface area contributed by atoms with Crippen LogP contribution in [0.5, 0.6) is 0 Å². The Kier molecular flexibility index (Phi) is 3.24. The Labute approximate surface area is 74.6 Å². The quantitative estimate of drug-likeness (QED) is 0.515. The molecule has 60 valence electrons. The van der Waals surface area contributed by atoms with Crippen LogP contribution in [0.3, 0.4) is 0 Å². The van der Waals surface area contributed by atoms with E-state index in [1.165, 1.54) is 0 Å². The van der Waals surface area contributed by atoms with Crippen molar-refractivity contribution in [3.8, 4) is 0 Å². The van der Waals surface area contributed by atoms with Crippen molar-refractivity contribution in [3.63, 3.8) is 0 Å². The van der Waals surface area contributed by atoms with E-state index in [0.717, 1.165) is 10.5 Å². The van der Waals surface area contributed by atoms with Crippen LogP contribution in [-0.4, -0.2) is 10.8 Å². The molecule has 1 aromatic carbocycles. The molecule has 11 heavy (non-hydrogen) atoms. The smallest absolute Gasteiger partial charge is 0.156 e. The highest BCUT2D eigenvalue weighted by atomic mass is 35.5. The fourth-order valence-corrected chi connectivity index (χ4v) is 1.99. The summed E-state index contributed by atoms with van der Waals surface area (Å²) in [5.41, 5.74) is 0.954. The van der Waals surface area contributed by atoms with E-state index < -0.39 is 11.2 Å². The summed E-state index contributed by atoms with van der Waals surface area (Å²) in [7, 11) is 0. The average molecular weight is 189 g/mol. The van der Waals surface area contributed by atoms with Crippen LogP contribution in [0.25, 0.3) is 0 Å². The second kappa shape index (κ2) is 4.00. The van der Waals surface area contributed by atoms with Gasteiger partial charge in [-0.3, -0.25) is 0 Å². The number of alkyl halides is 1. The van der Waals surface area contributed by atoms with Crippen molar-refractivity contribution in [1.82, 2.24) is 0 Å². The largest absolute Gasteiger partial charge is 0.612 e. The lowest BCUT2D eigenvalue weighted by molar-refractivity contribution is 0.600. The van der Waals surface area contributed by atoms with Gasteiger partial charge in [0.2, 0.25) is 0 Å². The topological polar surface area (TPSA) is 23.1 Å². The van der Waals surface area contributed by atoms with Crippen LogP contribution < -0.4 is 0 Å². The standard InChI is InChI=1S/C8H9ClOS/c1-11(10)8-5-3-2-4-7(8)6-9/h2-5H,6H2,1H3. The van der Waals surface area contributed by atoms with Crippen molar-refractivity contribution in [2.45, 2.75) is 10.8 Å². The molecule has 0 radical (unpaired) electrons. The zero-order valence-corrected chi connectivity index (χ0v) is 7.78. The lowest BCUT2D eigenvalue weighted by atomic mass is 10.2. The molecule has 0 aliphatic carbocycles. The summed E-state index contributed by atoms with van der Waals surface area (Å²) in [5, 5.41) is 0.